The van der Waals surface area contributed by atoms with Gasteiger partial charge in [0, 0.05) is 40.8 Å². The third kappa shape index (κ3) is 3.65. The van der Waals surface area contributed by atoms with Crippen LogP contribution >= 0.6 is 0 Å². The number of benzene rings is 2. The first-order valence-electron chi connectivity index (χ1n) is 9.84. The Balaban J connectivity index is 1.28. The van der Waals surface area contributed by atoms with E-state index in [-0.39, 0.29) is 11.9 Å². The van der Waals surface area contributed by atoms with Crippen LogP contribution in [-0.4, -0.2) is 29.2 Å². The van der Waals surface area contributed by atoms with Gasteiger partial charge < -0.3 is 19.9 Å². The maximum atomic E-state index is 13.6. The zero-order valence-electron chi connectivity index (χ0n) is 16.6. The van der Waals surface area contributed by atoms with Crippen molar-refractivity contribution in [3.8, 4) is 5.75 Å². The Morgan fingerprint density at radius 2 is 1.87 bits per heavy atom. The predicted octanol–water partition coefficient (Wildman–Crippen LogP) is 5.30. The smallest absolute Gasteiger partial charge is 0.162 e. The van der Waals surface area contributed by atoms with Crippen LogP contribution in [0.4, 0.5) is 30.4 Å². The second-order valence-electron chi connectivity index (χ2n) is 7.55. The Labute approximate surface area is 176 Å². The van der Waals surface area contributed by atoms with Crippen molar-refractivity contribution in [3.63, 3.8) is 0 Å². The van der Waals surface area contributed by atoms with E-state index in [1.807, 2.05) is 25.1 Å². The molecule has 0 aliphatic carbocycles. The fourth-order valence-corrected chi connectivity index (χ4v) is 3.75. The van der Waals surface area contributed by atoms with Crippen LogP contribution in [0, 0.1) is 24.4 Å². The molecule has 1 saturated heterocycles. The van der Waals surface area contributed by atoms with Crippen LogP contribution in [0.2, 0.25) is 0 Å². The lowest BCUT2D eigenvalue weighted by Gasteiger charge is -2.41. The highest BCUT2D eigenvalue weighted by Crippen LogP contribution is 2.32. The lowest BCUT2D eigenvalue weighted by atomic mass is 10.1. The highest BCUT2D eigenvalue weighted by molar-refractivity contribution is 5.84. The molecule has 158 valence electrons. The monoisotopic (exact) mass is 424 g/mol. The molecule has 2 aromatic heterocycles. The van der Waals surface area contributed by atoms with E-state index in [2.05, 4.69) is 20.2 Å². The van der Waals surface area contributed by atoms with Gasteiger partial charge >= 0.3 is 0 Å². The number of hydrogen-bond acceptors (Lipinski definition) is 4. The minimum absolute atomic E-state index is 0.112. The molecule has 0 bridgehead atoms. The molecule has 0 amide bonds. The van der Waals surface area contributed by atoms with E-state index in [9.17, 15) is 13.2 Å². The number of ether oxygens (including phenoxy) is 1. The molecule has 31 heavy (non-hydrogen) atoms. The summed E-state index contributed by atoms with van der Waals surface area (Å²) in [7, 11) is 0. The third-order valence-corrected chi connectivity index (χ3v) is 5.45. The lowest BCUT2D eigenvalue weighted by Crippen LogP contribution is -2.54. The standard InChI is InChI=1S/C23H19F3N4O/c1-13-22(30-11-16(12-30)31-15-3-5-18(24)19(25)9-15)6-7-27-23(13)29-14-2-4-17-20(26)10-28-21(17)8-14/h2-10,16,28H,11-12H2,1H3,(H,27,29). The summed E-state index contributed by atoms with van der Waals surface area (Å²) in [5, 5.41) is 3.83. The molecule has 0 radical (unpaired) electrons. The first-order chi connectivity index (χ1) is 15.0. The lowest BCUT2D eigenvalue weighted by molar-refractivity contribution is 0.166. The Kier molecular flexibility index (Phi) is 4.69. The first-order valence-corrected chi connectivity index (χ1v) is 9.84. The Hall–Kier alpha value is -3.68. The molecule has 2 N–H and O–H groups in total. The van der Waals surface area contributed by atoms with Crippen LogP contribution < -0.4 is 15.0 Å². The molecule has 2 aromatic carbocycles. The van der Waals surface area contributed by atoms with Crippen molar-refractivity contribution >= 4 is 28.1 Å². The summed E-state index contributed by atoms with van der Waals surface area (Å²) in [5.74, 6) is -1.08. The molecule has 1 aliphatic heterocycles. The molecule has 0 atom stereocenters. The number of aromatic nitrogens is 2. The van der Waals surface area contributed by atoms with Crippen LogP contribution in [0.5, 0.6) is 5.75 Å². The van der Waals surface area contributed by atoms with Gasteiger partial charge in [-0.25, -0.2) is 18.2 Å². The van der Waals surface area contributed by atoms with Crippen molar-refractivity contribution in [2.45, 2.75) is 13.0 Å². The maximum absolute atomic E-state index is 13.6. The number of nitrogens with one attached hydrogen (secondary N) is 2. The van der Waals surface area contributed by atoms with Crippen LogP contribution in [0.15, 0.2) is 54.9 Å². The van der Waals surface area contributed by atoms with E-state index in [0.29, 0.717) is 35.6 Å². The molecule has 0 spiro atoms. The maximum Gasteiger partial charge on any atom is 0.162 e. The van der Waals surface area contributed by atoms with Crippen molar-refractivity contribution in [3.05, 3.63) is 77.9 Å². The van der Waals surface area contributed by atoms with Crippen LogP contribution in [-0.2, 0) is 0 Å². The first kappa shape index (κ1) is 19.3. The van der Waals surface area contributed by atoms with Crippen LogP contribution in [0.3, 0.4) is 0 Å². The number of anilines is 3. The van der Waals surface area contributed by atoms with Crippen molar-refractivity contribution in [2.24, 2.45) is 0 Å². The molecule has 0 unspecified atom stereocenters. The molecule has 1 fully saturated rings. The van der Waals surface area contributed by atoms with Gasteiger partial charge in [-0.05, 0) is 43.3 Å². The fraction of sp³-hybridized carbons (Fsp3) is 0.174. The second-order valence-corrected chi connectivity index (χ2v) is 7.55. The quantitative estimate of drug-likeness (QED) is 0.457. The highest BCUT2D eigenvalue weighted by Gasteiger charge is 2.30. The van der Waals surface area contributed by atoms with E-state index < -0.39 is 11.6 Å². The summed E-state index contributed by atoms with van der Waals surface area (Å²) in [4.78, 5) is 9.48. The molecule has 8 heteroatoms. The van der Waals surface area contributed by atoms with Gasteiger partial charge in [-0.1, -0.05) is 0 Å². The molecular weight excluding hydrogens is 405 g/mol. The SMILES string of the molecule is Cc1c(N2CC(Oc3ccc(F)c(F)c3)C2)ccnc1Nc1ccc2c(F)c[nH]c2c1. The Morgan fingerprint density at radius 1 is 1.03 bits per heavy atom. The van der Waals surface area contributed by atoms with Gasteiger partial charge in [0.25, 0.3) is 0 Å². The minimum atomic E-state index is -0.922. The van der Waals surface area contributed by atoms with E-state index >= 15 is 0 Å². The predicted molar refractivity (Wildman–Crippen MR) is 114 cm³/mol. The zero-order chi connectivity index (χ0) is 21.5. The van der Waals surface area contributed by atoms with E-state index in [1.54, 1.807) is 12.3 Å². The number of H-pyrrole nitrogens is 1. The second kappa shape index (κ2) is 7.54. The van der Waals surface area contributed by atoms with Crippen molar-refractivity contribution < 1.29 is 17.9 Å². The normalized spacial score (nSPS) is 14.0. The highest BCUT2D eigenvalue weighted by atomic mass is 19.2. The van der Waals surface area contributed by atoms with Gasteiger partial charge in [0.15, 0.2) is 11.6 Å². The molecule has 5 rings (SSSR count). The molecule has 1 aliphatic rings. The van der Waals surface area contributed by atoms with E-state index in [1.165, 1.54) is 12.3 Å². The fourth-order valence-electron chi connectivity index (χ4n) is 3.75. The molecule has 0 saturated carbocycles. The van der Waals surface area contributed by atoms with Gasteiger partial charge in [0.1, 0.15) is 23.5 Å². The third-order valence-electron chi connectivity index (χ3n) is 5.45. The van der Waals surface area contributed by atoms with Crippen molar-refractivity contribution in [1.29, 1.82) is 0 Å². The van der Waals surface area contributed by atoms with Gasteiger partial charge in [-0.2, -0.15) is 0 Å². The summed E-state index contributed by atoms with van der Waals surface area (Å²) in [5.41, 5.74) is 3.47. The summed E-state index contributed by atoms with van der Waals surface area (Å²) in [6, 6.07) is 10.8. The number of nitrogens with zero attached hydrogens (tertiary/aromatic N) is 2. The van der Waals surface area contributed by atoms with Crippen LogP contribution in [0.25, 0.3) is 10.9 Å². The number of pyridine rings is 1. The van der Waals surface area contributed by atoms with Gasteiger partial charge in [-0.15, -0.1) is 0 Å². The minimum Gasteiger partial charge on any atom is -0.487 e. The number of hydrogen-bond donors (Lipinski definition) is 2. The summed E-state index contributed by atoms with van der Waals surface area (Å²) >= 11 is 0. The average Bonchev–Trinajstić information content (AvgIpc) is 3.09. The van der Waals surface area contributed by atoms with E-state index in [0.717, 1.165) is 29.1 Å². The van der Waals surface area contributed by atoms with Gasteiger partial charge in [0.05, 0.1) is 18.6 Å². The van der Waals surface area contributed by atoms with Gasteiger partial charge in [0.2, 0.25) is 0 Å². The summed E-state index contributed by atoms with van der Waals surface area (Å²) < 4.78 is 45.8. The summed E-state index contributed by atoms with van der Waals surface area (Å²) in [6.45, 7) is 3.22. The largest absolute Gasteiger partial charge is 0.487 e. The van der Waals surface area contributed by atoms with Crippen molar-refractivity contribution in [1.82, 2.24) is 9.97 Å². The van der Waals surface area contributed by atoms with Crippen LogP contribution in [0.1, 0.15) is 5.56 Å². The Morgan fingerprint density at radius 3 is 2.68 bits per heavy atom. The molecule has 5 nitrogen and oxygen atoms in total. The number of aromatic amines is 1. The van der Waals surface area contributed by atoms with E-state index in [4.69, 9.17) is 4.74 Å². The molecule has 4 aromatic rings. The zero-order valence-corrected chi connectivity index (χ0v) is 16.6. The average molecular weight is 424 g/mol. The Bertz CT molecular complexity index is 1270. The molecule has 3 heterocycles. The summed E-state index contributed by atoms with van der Waals surface area (Å²) in [6.07, 6.45) is 2.95. The number of halogens is 3. The van der Waals surface area contributed by atoms with Crippen molar-refractivity contribution in [2.75, 3.05) is 23.3 Å². The number of rotatable bonds is 5. The number of fused-ring (bicyclic) bond motifs is 1. The topological polar surface area (TPSA) is 53.2 Å². The van der Waals surface area contributed by atoms with Gasteiger partial charge in [-0.3, -0.25) is 0 Å². The molecular formula is C23H19F3N4O.